The average Bonchev–Trinajstić information content (AvgIpc) is 3.16. The maximum atomic E-state index is 13.2. The molecule has 0 bridgehead atoms. The van der Waals surface area contributed by atoms with Gasteiger partial charge in [0.1, 0.15) is 6.54 Å². The Bertz CT molecular complexity index is 1080. The lowest BCUT2D eigenvalue weighted by atomic mass is 10.2. The molecule has 1 aromatic carbocycles. The molecular weight excluding hydrogens is 457 g/mol. The molecule has 174 valence electrons. The van der Waals surface area contributed by atoms with Crippen LogP contribution in [-0.2, 0) is 22.7 Å². The van der Waals surface area contributed by atoms with Crippen LogP contribution < -0.4 is 5.73 Å². The van der Waals surface area contributed by atoms with Crippen LogP contribution in [0.4, 0.5) is 13.2 Å². The van der Waals surface area contributed by atoms with E-state index in [0.29, 0.717) is 5.56 Å². The van der Waals surface area contributed by atoms with Crippen molar-refractivity contribution in [3.63, 3.8) is 0 Å². The Morgan fingerprint density at radius 1 is 1.06 bits per heavy atom. The Balaban J connectivity index is 1.77. The highest BCUT2D eigenvalue weighted by Crippen LogP contribution is 2.28. The van der Waals surface area contributed by atoms with E-state index in [0.717, 1.165) is 21.9 Å². The summed E-state index contributed by atoms with van der Waals surface area (Å²) in [6.45, 7) is -0.963. The van der Waals surface area contributed by atoms with Gasteiger partial charge in [-0.15, -0.1) is 10.2 Å². The van der Waals surface area contributed by atoms with Gasteiger partial charge >= 0.3 is 6.18 Å². The Hall–Kier alpha value is -3.41. The second-order valence-electron chi connectivity index (χ2n) is 7.05. The van der Waals surface area contributed by atoms with Gasteiger partial charge in [-0.1, -0.05) is 42.1 Å². The second-order valence-corrected chi connectivity index (χ2v) is 7.99. The molecule has 0 fully saturated rings. The van der Waals surface area contributed by atoms with Crippen LogP contribution in [0.2, 0.25) is 0 Å². The summed E-state index contributed by atoms with van der Waals surface area (Å²) in [5.41, 5.74) is 6.49. The van der Waals surface area contributed by atoms with Crippen LogP contribution in [0.15, 0.2) is 60.0 Å². The largest absolute Gasteiger partial charge is 0.406 e. The molecule has 2 N–H and O–H groups in total. The molecule has 12 heteroatoms. The first kappa shape index (κ1) is 24.2. The van der Waals surface area contributed by atoms with E-state index >= 15 is 0 Å². The van der Waals surface area contributed by atoms with Crippen molar-refractivity contribution in [3.05, 3.63) is 60.4 Å². The molecular formula is C21H21F3N6O2S. The lowest BCUT2D eigenvalue weighted by molar-refractivity contribution is -0.141. The van der Waals surface area contributed by atoms with Crippen LogP contribution in [0.3, 0.4) is 0 Å². The van der Waals surface area contributed by atoms with Crippen LogP contribution >= 0.6 is 11.8 Å². The van der Waals surface area contributed by atoms with Gasteiger partial charge < -0.3 is 10.6 Å². The number of nitrogens with zero attached hydrogens (tertiary/aromatic N) is 5. The molecule has 3 aromatic rings. The lowest BCUT2D eigenvalue weighted by Crippen LogP contribution is -2.35. The average molecular weight is 479 g/mol. The summed E-state index contributed by atoms with van der Waals surface area (Å²) in [4.78, 5) is 29.4. The minimum Gasteiger partial charge on any atom is -0.370 e. The molecule has 0 aliphatic rings. The first-order chi connectivity index (χ1) is 15.7. The predicted molar refractivity (Wildman–Crippen MR) is 116 cm³/mol. The van der Waals surface area contributed by atoms with Gasteiger partial charge in [0.25, 0.3) is 0 Å². The number of nitrogens with two attached hydrogens (primary N) is 1. The zero-order chi connectivity index (χ0) is 23.8. The number of primary amides is 1. The third kappa shape index (κ3) is 7.31. The molecule has 0 saturated heterocycles. The highest BCUT2D eigenvalue weighted by atomic mass is 32.2. The summed E-state index contributed by atoms with van der Waals surface area (Å²) < 4.78 is 40.6. The summed E-state index contributed by atoms with van der Waals surface area (Å²) in [5.74, 6) is -1.07. The highest BCUT2D eigenvalue weighted by molar-refractivity contribution is 7.99. The van der Waals surface area contributed by atoms with Gasteiger partial charge in [0, 0.05) is 37.5 Å². The summed E-state index contributed by atoms with van der Waals surface area (Å²) in [7, 11) is 0. The van der Waals surface area contributed by atoms with Crippen LogP contribution in [0.1, 0.15) is 12.0 Å². The van der Waals surface area contributed by atoms with Gasteiger partial charge in [-0.25, -0.2) is 0 Å². The van der Waals surface area contributed by atoms with E-state index in [4.69, 9.17) is 5.73 Å². The number of amides is 2. The Kier molecular flexibility index (Phi) is 8.04. The standard InChI is InChI=1S/C21H21F3N6O2S/c22-21(23,24)14-30-19(16-6-9-26-10-7-16)27-28-20(30)33-13-18(32)29(11-8-17(25)31)12-15-4-2-1-3-5-15/h1-7,9-10H,8,11-14H2,(H2,25,31). The normalized spacial score (nSPS) is 11.4. The highest BCUT2D eigenvalue weighted by Gasteiger charge is 2.32. The van der Waals surface area contributed by atoms with E-state index in [1.54, 1.807) is 0 Å². The molecule has 0 unspecified atom stereocenters. The van der Waals surface area contributed by atoms with Gasteiger partial charge in [0.15, 0.2) is 11.0 Å². The van der Waals surface area contributed by atoms with Crippen LogP contribution in [0, 0.1) is 0 Å². The molecule has 33 heavy (non-hydrogen) atoms. The molecule has 0 saturated carbocycles. The maximum Gasteiger partial charge on any atom is 0.406 e. The molecule has 0 radical (unpaired) electrons. The van der Waals surface area contributed by atoms with Crippen LogP contribution in [-0.4, -0.2) is 54.9 Å². The molecule has 0 spiro atoms. The Morgan fingerprint density at radius 2 is 1.76 bits per heavy atom. The topological polar surface area (TPSA) is 107 Å². The summed E-state index contributed by atoms with van der Waals surface area (Å²) in [6, 6.07) is 12.2. The molecule has 2 aromatic heterocycles. The third-order valence-corrected chi connectivity index (χ3v) is 5.47. The number of hydrogen-bond donors (Lipinski definition) is 1. The molecule has 2 amide bonds. The fourth-order valence-corrected chi connectivity index (χ4v) is 3.83. The Morgan fingerprint density at radius 3 is 2.39 bits per heavy atom. The van der Waals surface area contributed by atoms with E-state index < -0.39 is 18.6 Å². The van der Waals surface area contributed by atoms with E-state index in [1.807, 2.05) is 30.3 Å². The fourth-order valence-electron chi connectivity index (χ4n) is 2.99. The van der Waals surface area contributed by atoms with Crippen LogP contribution in [0.5, 0.6) is 0 Å². The van der Waals surface area contributed by atoms with Crippen molar-refractivity contribution in [3.8, 4) is 11.4 Å². The van der Waals surface area contributed by atoms with E-state index in [-0.39, 0.29) is 42.2 Å². The monoisotopic (exact) mass is 478 g/mol. The van der Waals surface area contributed by atoms with Crippen molar-refractivity contribution in [2.75, 3.05) is 12.3 Å². The minimum absolute atomic E-state index is 0.0274. The minimum atomic E-state index is -4.51. The van der Waals surface area contributed by atoms with Crippen molar-refractivity contribution in [2.24, 2.45) is 5.73 Å². The number of carbonyl (C=O) groups excluding carboxylic acids is 2. The van der Waals surface area contributed by atoms with Gasteiger partial charge in [-0.05, 0) is 17.7 Å². The number of aromatic nitrogens is 4. The second kappa shape index (κ2) is 10.9. The number of pyridine rings is 1. The summed E-state index contributed by atoms with van der Waals surface area (Å²) in [5, 5.41) is 7.74. The van der Waals surface area contributed by atoms with E-state index in [9.17, 15) is 22.8 Å². The van der Waals surface area contributed by atoms with Gasteiger partial charge in [-0.2, -0.15) is 13.2 Å². The SMILES string of the molecule is NC(=O)CCN(Cc1ccccc1)C(=O)CSc1nnc(-c2ccncc2)n1CC(F)(F)F. The molecule has 0 aliphatic carbocycles. The third-order valence-electron chi connectivity index (χ3n) is 4.51. The first-order valence-corrected chi connectivity index (χ1v) is 10.8. The van der Waals surface area contributed by atoms with Gasteiger partial charge in [0.2, 0.25) is 11.8 Å². The van der Waals surface area contributed by atoms with Gasteiger partial charge in [-0.3, -0.25) is 19.1 Å². The zero-order valence-electron chi connectivity index (χ0n) is 17.4. The zero-order valence-corrected chi connectivity index (χ0v) is 18.2. The molecule has 3 rings (SSSR count). The van der Waals surface area contributed by atoms with Crippen molar-refractivity contribution in [1.82, 2.24) is 24.6 Å². The summed E-state index contributed by atoms with van der Waals surface area (Å²) >= 11 is 0.851. The molecule has 8 nitrogen and oxygen atoms in total. The number of halogens is 3. The Labute approximate surface area is 192 Å². The number of rotatable bonds is 10. The maximum absolute atomic E-state index is 13.2. The number of hydrogen-bond acceptors (Lipinski definition) is 6. The first-order valence-electron chi connectivity index (χ1n) is 9.86. The smallest absolute Gasteiger partial charge is 0.370 e. The predicted octanol–water partition coefficient (Wildman–Crippen LogP) is 2.90. The quantitative estimate of drug-likeness (QED) is 0.449. The van der Waals surface area contributed by atoms with Gasteiger partial charge in [0.05, 0.1) is 5.75 Å². The summed E-state index contributed by atoms with van der Waals surface area (Å²) in [6.07, 6.45) is -1.65. The van der Waals surface area contributed by atoms with Crippen molar-refractivity contribution in [2.45, 2.75) is 30.8 Å². The number of carbonyl (C=O) groups is 2. The number of thioether (sulfide) groups is 1. The van der Waals surface area contributed by atoms with E-state index in [2.05, 4.69) is 15.2 Å². The molecule has 0 aliphatic heterocycles. The molecule has 0 atom stereocenters. The fraction of sp³-hybridized carbons (Fsp3) is 0.286. The molecule has 2 heterocycles. The number of benzene rings is 1. The lowest BCUT2D eigenvalue weighted by Gasteiger charge is -2.22. The van der Waals surface area contributed by atoms with Crippen molar-refractivity contribution < 1.29 is 22.8 Å². The number of alkyl halides is 3. The van der Waals surface area contributed by atoms with E-state index in [1.165, 1.54) is 29.4 Å². The van der Waals surface area contributed by atoms with Crippen molar-refractivity contribution >= 4 is 23.6 Å². The van der Waals surface area contributed by atoms with Crippen LogP contribution in [0.25, 0.3) is 11.4 Å². The van der Waals surface area contributed by atoms with Crippen molar-refractivity contribution in [1.29, 1.82) is 0 Å².